The first-order valence-corrected chi connectivity index (χ1v) is 6.02. The number of nitrogens with two attached hydrogens (primary N) is 2. The first-order valence-electron chi connectivity index (χ1n) is 6.02. The minimum atomic E-state index is -4.37. The van der Waals surface area contributed by atoms with Crippen LogP contribution in [0.4, 0.5) is 34.6 Å². The lowest BCUT2D eigenvalue weighted by atomic mass is 10.1. The van der Waals surface area contributed by atoms with Crippen LogP contribution in [0.5, 0.6) is 0 Å². The first-order chi connectivity index (χ1) is 9.79. The van der Waals surface area contributed by atoms with Crippen molar-refractivity contribution in [2.75, 3.05) is 16.8 Å². The molecule has 0 saturated carbocycles. The standard InChI is InChI=1S/C14H13F4N3/c15-12-11(6-5-10(19)13(12)20)21-7-8-1-3-9(4-2-8)14(16,17)18/h1-6,21H,7,19-20H2. The summed E-state index contributed by atoms with van der Waals surface area (Å²) in [4.78, 5) is 0. The van der Waals surface area contributed by atoms with E-state index in [2.05, 4.69) is 5.32 Å². The summed E-state index contributed by atoms with van der Waals surface area (Å²) < 4.78 is 51.0. The van der Waals surface area contributed by atoms with Crippen LogP contribution in [-0.2, 0) is 12.7 Å². The Kier molecular flexibility index (Phi) is 3.93. The molecule has 0 heterocycles. The molecule has 112 valence electrons. The largest absolute Gasteiger partial charge is 0.416 e. The van der Waals surface area contributed by atoms with Crippen molar-refractivity contribution in [3.8, 4) is 0 Å². The van der Waals surface area contributed by atoms with Crippen molar-refractivity contribution in [1.29, 1.82) is 0 Å². The van der Waals surface area contributed by atoms with E-state index in [1.807, 2.05) is 0 Å². The van der Waals surface area contributed by atoms with E-state index in [0.29, 0.717) is 5.56 Å². The second-order valence-electron chi connectivity index (χ2n) is 4.48. The van der Waals surface area contributed by atoms with Gasteiger partial charge in [-0.3, -0.25) is 0 Å². The molecule has 0 fully saturated rings. The number of hydrogen-bond donors (Lipinski definition) is 3. The topological polar surface area (TPSA) is 64.1 Å². The molecule has 0 bridgehead atoms. The van der Waals surface area contributed by atoms with Crippen LogP contribution in [0.1, 0.15) is 11.1 Å². The van der Waals surface area contributed by atoms with Crippen LogP contribution in [0.3, 0.4) is 0 Å². The van der Waals surface area contributed by atoms with E-state index in [0.717, 1.165) is 12.1 Å². The fourth-order valence-corrected chi connectivity index (χ4v) is 1.75. The van der Waals surface area contributed by atoms with Crippen LogP contribution in [0.25, 0.3) is 0 Å². The van der Waals surface area contributed by atoms with Gasteiger partial charge in [-0.15, -0.1) is 0 Å². The Hall–Kier alpha value is -2.44. The molecule has 0 spiro atoms. The molecule has 3 nitrogen and oxygen atoms in total. The van der Waals surface area contributed by atoms with E-state index in [1.165, 1.54) is 24.3 Å². The average Bonchev–Trinajstić information content (AvgIpc) is 2.43. The third kappa shape index (κ3) is 3.36. The van der Waals surface area contributed by atoms with E-state index < -0.39 is 17.6 Å². The van der Waals surface area contributed by atoms with Crippen LogP contribution < -0.4 is 16.8 Å². The van der Waals surface area contributed by atoms with Crippen LogP contribution >= 0.6 is 0 Å². The van der Waals surface area contributed by atoms with Gasteiger partial charge in [-0.25, -0.2) is 4.39 Å². The molecule has 0 radical (unpaired) electrons. The lowest BCUT2D eigenvalue weighted by Crippen LogP contribution is -2.07. The molecule has 2 aromatic carbocycles. The molecule has 0 atom stereocenters. The van der Waals surface area contributed by atoms with Crippen LogP contribution in [0.15, 0.2) is 36.4 Å². The maximum absolute atomic E-state index is 13.8. The van der Waals surface area contributed by atoms with Gasteiger partial charge in [0, 0.05) is 6.54 Å². The van der Waals surface area contributed by atoms with E-state index in [4.69, 9.17) is 11.5 Å². The van der Waals surface area contributed by atoms with Gasteiger partial charge in [0.05, 0.1) is 22.6 Å². The summed E-state index contributed by atoms with van der Waals surface area (Å²) >= 11 is 0. The minimum Gasteiger partial charge on any atom is -0.397 e. The van der Waals surface area contributed by atoms with Crippen molar-refractivity contribution >= 4 is 17.1 Å². The first kappa shape index (κ1) is 15.0. The SMILES string of the molecule is Nc1ccc(NCc2ccc(C(F)(F)F)cc2)c(F)c1N. The highest BCUT2D eigenvalue weighted by Gasteiger charge is 2.29. The predicted octanol–water partition coefficient (Wildman–Crippen LogP) is 3.62. The van der Waals surface area contributed by atoms with Gasteiger partial charge in [0.1, 0.15) is 0 Å². The number of hydrogen-bond acceptors (Lipinski definition) is 3. The highest BCUT2D eigenvalue weighted by atomic mass is 19.4. The number of alkyl halides is 3. The zero-order valence-corrected chi connectivity index (χ0v) is 10.8. The van der Waals surface area contributed by atoms with Crippen molar-refractivity contribution in [2.24, 2.45) is 0 Å². The predicted molar refractivity (Wildman–Crippen MR) is 74.0 cm³/mol. The fraction of sp³-hybridized carbons (Fsp3) is 0.143. The van der Waals surface area contributed by atoms with E-state index in [1.54, 1.807) is 0 Å². The normalized spacial score (nSPS) is 11.4. The monoisotopic (exact) mass is 299 g/mol. The van der Waals surface area contributed by atoms with Gasteiger partial charge in [0.15, 0.2) is 5.82 Å². The summed E-state index contributed by atoms with van der Waals surface area (Å²) in [7, 11) is 0. The molecule has 0 unspecified atom stereocenters. The van der Waals surface area contributed by atoms with E-state index in [-0.39, 0.29) is 23.6 Å². The molecule has 0 aliphatic rings. The summed E-state index contributed by atoms with van der Waals surface area (Å²) in [5.41, 5.74) is 10.9. The number of anilines is 3. The number of nitrogens with one attached hydrogen (secondary N) is 1. The lowest BCUT2D eigenvalue weighted by molar-refractivity contribution is -0.137. The van der Waals surface area contributed by atoms with Gasteiger partial charge in [0.2, 0.25) is 0 Å². The third-order valence-corrected chi connectivity index (χ3v) is 2.98. The molecule has 0 aromatic heterocycles. The number of nitrogen functional groups attached to an aromatic ring is 2. The van der Waals surface area contributed by atoms with Gasteiger partial charge in [-0.2, -0.15) is 13.2 Å². The van der Waals surface area contributed by atoms with Gasteiger partial charge in [-0.1, -0.05) is 12.1 Å². The molecule has 7 heteroatoms. The molecule has 0 aliphatic carbocycles. The van der Waals surface area contributed by atoms with Crippen LogP contribution in [0, 0.1) is 5.82 Å². The van der Waals surface area contributed by atoms with Gasteiger partial charge < -0.3 is 16.8 Å². The van der Waals surface area contributed by atoms with E-state index in [9.17, 15) is 17.6 Å². The Morgan fingerprint density at radius 3 is 2.14 bits per heavy atom. The molecule has 2 aromatic rings. The van der Waals surface area contributed by atoms with Crippen molar-refractivity contribution in [1.82, 2.24) is 0 Å². The van der Waals surface area contributed by atoms with Gasteiger partial charge in [0.25, 0.3) is 0 Å². The highest BCUT2D eigenvalue weighted by Crippen LogP contribution is 2.29. The highest BCUT2D eigenvalue weighted by molar-refractivity contribution is 5.70. The van der Waals surface area contributed by atoms with Crippen LogP contribution in [-0.4, -0.2) is 0 Å². The maximum atomic E-state index is 13.8. The lowest BCUT2D eigenvalue weighted by Gasteiger charge is -2.11. The molecule has 2 rings (SSSR count). The quantitative estimate of drug-likeness (QED) is 0.599. The molecule has 0 aliphatic heterocycles. The Morgan fingerprint density at radius 1 is 0.952 bits per heavy atom. The summed E-state index contributed by atoms with van der Waals surface area (Å²) in [6.07, 6.45) is -4.37. The number of rotatable bonds is 3. The van der Waals surface area contributed by atoms with Crippen molar-refractivity contribution in [2.45, 2.75) is 12.7 Å². The molecule has 21 heavy (non-hydrogen) atoms. The maximum Gasteiger partial charge on any atom is 0.416 e. The summed E-state index contributed by atoms with van der Waals surface area (Å²) in [6, 6.07) is 7.48. The molecule has 0 saturated heterocycles. The van der Waals surface area contributed by atoms with Gasteiger partial charge in [-0.05, 0) is 29.8 Å². The van der Waals surface area contributed by atoms with Crippen LogP contribution in [0.2, 0.25) is 0 Å². The number of halogens is 4. The molecule has 5 N–H and O–H groups in total. The Morgan fingerprint density at radius 2 is 1.57 bits per heavy atom. The number of benzene rings is 2. The zero-order chi connectivity index (χ0) is 15.6. The Labute approximate surface area is 118 Å². The van der Waals surface area contributed by atoms with Crippen molar-refractivity contribution in [3.63, 3.8) is 0 Å². The van der Waals surface area contributed by atoms with Crippen molar-refractivity contribution < 1.29 is 17.6 Å². The summed E-state index contributed by atoms with van der Waals surface area (Å²) in [5.74, 6) is -0.679. The Balaban J connectivity index is 2.09. The molecular formula is C14H13F4N3. The van der Waals surface area contributed by atoms with E-state index >= 15 is 0 Å². The second kappa shape index (κ2) is 5.51. The summed E-state index contributed by atoms with van der Waals surface area (Å²) in [5, 5.41) is 2.76. The summed E-state index contributed by atoms with van der Waals surface area (Å²) in [6.45, 7) is 0.165. The Bertz CT molecular complexity index is 636. The average molecular weight is 299 g/mol. The molecular weight excluding hydrogens is 286 g/mol. The van der Waals surface area contributed by atoms with Crippen molar-refractivity contribution in [3.05, 3.63) is 53.3 Å². The molecule has 0 amide bonds. The third-order valence-electron chi connectivity index (χ3n) is 2.98. The zero-order valence-electron chi connectivity index (χ0n) is 10.8. The van der Waals surface area contributed by atoms with Gasteiger partial charge >= 0.3 is 6.18 Å². The second-order valence-corrected chi connectivity index (χ2v) is 4.48. The minimum absolute atomic E-state index is 0.132. The smallest absolute Gasteiger partial charge is 0.397 e. The fourth-order valence-electron chi connectivity index (χ4n) is 1.75.